The van der Waals surface area contributed by atoms with Gasteiger partial charge in [-0.1, -0.05) is 49.6 Å². The monoisotopic (exact) mass is 439 g/mol. The van der Waals surface area contributed by atoms with Crippen molar-refractivity contribution >= 4 is 29.2 Å². The van der Waals surface area contributed by atoms with Crippen LogP contribution in [0.4, 0.5) is 4.79 Å². The van der Waals surface area contributed by atoms with Gasteiger partial charge in [-0.3, -0.25) is 14.5 Å². The highest BCUT2D eigenvalue weighted by Gasteiger charge is 2.51. The van der Waals surface area contributed by atoms with Crippen molar-refractivity contribution in [2.24, 2.45) is 0 Å². The van der Waals surface area contributed by atoms with Crippen molar-refractivity contribution in [3.05, 3.63) is 57.8 Å². The minimum Gasteiger partial charge on any atom is -0.336 e. The van der Waals surface area contributed by atoms with Gasteiger partial charge < -0.3 is 10.2 Å². The van der Waals surface area contributed by atoms with E-state index in [2.05, 4.69) is 5.32 Å². The summed E-state index contributed by atoms with van der Waals surface area (Å²) >= 11 is 1.66. The highest BCUT2D eigenvalue weighted by atomic mass is 32.1. The lowest BCUT2D eigenvalue weighted by molar-refractivity contribution is -0.139. The summed E-state index contributed by atoms with van der Waals surface area (Å²) in [6, 6.07) is 13.7. The maximum absolute atomic E-state index is 13.3. The van der Waals surface area contributed by atoms with Crippen molar-refractivity contribution in [2.75, 3.05) is 13.1 Å². The quantitative estimate of drug-likeness (QED) is 0.666. The smallest absolute Gasteiger partial charge is 0.325 e. The Morgan fingerprint density at radius 3 is 2.52 bits per heavy atom. The third-order valence-electron chi connectivity index (χ3n) is 6.26. The second-order valence-corrected chi connectivity index (χ2v) is 9.90. The third-order valence-corrected chi connectivity index (χ3v) is 7.24. The minimum atomic E-state index is -0.796. The minimum absolute atomic E-state index is 0.196. The number of carbonyl (C=O) groups excluding carboxylic acids is 3. The van der Waals surface area contributed by atoms with Gasteiger partial charge in [-0.2, -0.15) is 0 Å². The van der Waals surface area contributed by atoms with Crippen LogP contribution in [0.2, 0.25) is 0 Å². The van der Waals surface area contributed by atoms with Crippen LogP contribution in [0.1, 0.15) is 47.4 Å². The average Bonchev–Trinajstić information content (AvgIpc) is 3.28. The molecule has 1 aliphatic heterocycles. The number of nitrogens with one attached hydrogen (secondary N) is 1. The summed E-state index contributed by atoms with van der Waals surface area (Å²) in [6.45, 7) is 2.86. The van der Waals surface area contributed by atoms with Gasteiger partial charge in [-0.15, -0.1) is 11.3 Å². The van der Waals surface area contributed by atoms with Crippen molar-refractivity contribution < 1.29 is 14.4 Å². The molecule has 2 heterocycles. The molecule has 1 aromatic carbocycles. The summed E-state index contributed by atoms with van der Waals surface area (Å²) in [5.41, 5.74) is 0.355. The summed E-state index contributed by atoms with van der Waals surface area (Å²) in [5, 5.41) is 2.89. The van der Waals surface area contributed by atoms with E-state index in [-0.39, 0.29) is 18.4 Å². The van der Waals surface area contributed by atoms with Crippen LogP contribution in [0, 0.1) is 6.92 Å². The largest absolute Gasteiger partial charge is 0.336 e. The maximum atomic E-state index is 13.3. The Bertz CT molecular complexity index is 950. The molecule has 1 aliphatic carbocycles. The number of benzene rings is 1. The molecular weight excluding hydrogens is 410 g/mol. The molecule has 0 bridgehead atoms. The molecule has 2 aromatic rings. The van der Waals surface area contributed by atoms with E-state index in [1.165, 1.54) is 4.88 Å². The van der Waals surface area contributed by atoms with Crippen molar-refractivity contribution in [1.82, 2.24) is 15.1 Å². The van der Waals surface area contributed by atoms with E-state index in [0.29, 0.717) is 25.9 Å². The van der Waals surface area contributed by atoms with E-state index in [1.807, 2.05) is 49.4 Å². The number of amides is 4. The standard InChI is InChI=1S/C24H29N3O3S/c1-18-10-11-20(31-18)16-26(15-12-19-8-4-2-5-9-19)21(28)17-27-22(29)24(25-23(27)30)13-6-3-7-14-24/h2,4-5,8-11H,3,6-7,12-17H2,1H3,(H,25,30). The first-order valence-electron chi connectivity index (χ1n) is 11.0. The number of hydrogen-bond acceptors (Lipinski definition) is 4. The highest BCUT2D eigenvalue weighted by Crippen LogP contribution is 2.33. The van der Waals surface area contributed by atoms with Gasteiger partial charge in [0.15, 0.2) is 0 Å². The maximum Gasteiger partial charge on any atom is 0.325 e. The van der Waals surface area contributed by atoms with E-state index in [0.717, 1.165) is 41.0 Å². The molecule has 6 nitrogen and oxygen atoms in total. The predicted molar refractivity (Wildman–Crippen MR) is 121 cm³/mol. The molecule has 2 fully saturated rings. The van der Waals surface area contributed by atoms with E-state index in [4.69, 9.17) is 0 Å². The predicted octanol–water partition coefficient (Wildman–Crippen LogP) is 3.88. The second-order valence-electron chi connectivity index (χ2n) is 8.53. The Labute approximate surface area is 187 Å². The van der Waals surface area contributed by atoms with Gasteiger partial charge in [-0.05, 0) is 43.9 Å². The molecule has 1 saturated carbocycles. The zero-order chi connectivity index (χ0) is 21.8. The van der Waals surface area contributed by atoms with Crippen LogP contribution in [0.5, 0.6) is 0 Å². The number of hydrogen-bond donors (Lipinski definition) is 1. The first kappa shape index (κ1) is 21.6. The summed E-state index contributed by atoms with van der Waals surface area (Å²) < 4.78 is 0. The molecule has 0 atom stereocenters. The van der Waals surface area contributed by atoms with Crippen molar-refractivity contribution in [2.45, 2.75) is 57.5 Å². The SMILES string of the molecule is Cc1ccc(CN(CCc2ccccc2)C(=O)CN2C(=O)NC3(CCCCC3)C2=O)s1. The summed E-state index contributed by atoms with van der Waals surface area (Å²) in [5.74, 6) is -0.432. The lowest BCUT2D eigenvalue weighted by atomic mass is 9.82. The molecule has 0 unspecified atom stereocenters. The molecule has 4 amide bonds. The van der Waals surface area contributed by atoms with Crippen molar-refractivity contribution in [3.63, 3.8) is 0 Å². The molecule has 31 heavy (non-hydrogen) atoms. The van der Waals surface area contributed by atoms with Gasteiger partial charge in [0.25, 0.3) is 5.91 Å². The number of urea groups is 1. The van der Waals surface area contributed by atoms with Crippen LogP contribution in [-0.4, -0.2) is 46.3 Å². The van der Waals surface area contributed by atoms with Gasteiger partial charge in [0, 0.05) is 16.3 Å². The van der Waals surface area contributed by atoms with Crippen molar-refractivity contribution in [1.29, 1.82) is 0 Å². The molecule has 0 radical (unpaired) electrons. The molecule has 7 heteroatoms. The Morgan fingerprint density at radius 2 is 1.84 bits per heavy atom. The summed E-state index contributed by atoms with van der Waals surface area (Å²) in [7, 11) is 0. The van der Waals surface area contributed by atoms with E-state index >= 15 is 0 Å². The lowest BCUT2D eigenvalue weighted by Crippen LogP contribution is -2.49. The van der Waals surface area contributed by atoms with Crippen LogP contribution in [0.25, 0.3) is 0 Å². The van der Waals surface area contributed by atoms with E-state index in [9.17, 15) is 14.4 Å². The molecule has 2 aliphatic rings. The van der Waals surface area contributed by atoms with Gasteiger partial charge in [0.05, 0.1) is 6.54 Å². The fraction of sp³-hybridized carbons (Fsp3) is 0.458. The van der Waals surface area contributed by atoms with Gasteiger partial charge in [0.1, 0.15) is 12.1 Å². The molecule has 1 spiro atoms. The lowest BCUT2D eigenvalue weighted by Gasteiger charge is -2.30. The van der Waals surface area contributed by atoms with Gasteiger partial charge >= 0.3 is 6.03 Å². The number of thiophene rings is 1. The molecule has 1 saturated heterocycles. The number of imide groups is 1. The number of carbonyl (C=O) groups is 3. The number of rotatable bonds is 7. The van der Waals surface area contributed by atoms with Gasteiger partial charge in [0.2, 0.25) is 5.91 Å². The average molecular weight is 440 g/mol. The molecular formula is C24H29N3O3S. The Kier molecular flexibility index (Phi) is 6.41. The molecule has 164 valence electrons. The number of nitrogens with zero attached hydrogens (tertiary/aromatic N) is 2. The zero-order valence-corrected chi connectivity index (χ0v) is 18.7. The summed E-state index contributed by atoms with van der Waals surface area (Å²) in [4.78, 5) is 44.1. The highest BCUT2D eigenvalue weighted by molar-refractivity contribution is 7.11. The Morgan fingerprint density at radius 1 is 1.10 bits per heavy atom. The van der Waals surface area contributed by atoms with Crippen LogP contribution >= 0.6 is 11.3 Å². The van der Waals surface area contributed by atoms with Crippen LogP contribution in [0.15, 0.2) is 42.5 Å². The van der Waals surface area contributed by atoms with Crippen LogP contribution in [-0.2, 0) is 22.6 Å². The third kappa shape index (κ3) is 4.82. The summed E-state index contributed by atoms with van der Waals surface area (Å²) in [6.07, 6.45) is 4.98. The van der Waals surface area contributed by atoms with E-state index in [1.54, 1.807) is 16.2 Å². The fourth-order valence-electron chi connectivity index (χ4n) is 4.51. The molecule has 4 rings (SSSR count). The zero-order valence-electron chi connectivity index (χ0n) is 17.9. The van der Waals surface area contributed by atoms with Gasteiger partial charge in [-0.25, -0.2) is 4.79 Å². The molecule has 1 N–H and O–H groups in total. The first-order chi connectivity index (χ1) is 15.0. The fourth-order valence-corrected chi connectivity index (χ4v) is 5.41. The first-order valence-corrected chi connectivity index (χ1v) is 11.8. The normalized spacial score (nSPS) is 17.8. The van der Waals surface area contributed by atoms with Crippen molar-refractivity contribution in [3.8, 4) is 0 Å². The second kappa shape index (κ2) is 9.22. The topological polar surface area (TPSA) is 69.7 Å². The van der Waals surface area contributed by atoms with Crippen LogP contribution in [0.3, 0.4) is 0 Å². The Balaban J connectivity index is 1.46. The molecule has 1 aromatic heterocycles. The van der Waals surface area contributed by atoms with E-state index < -0.39 is 11.6 Å². The Hall–Kier alpha value is -2.67. The van der Waals surface area contributed by atoms with Crippen LogP contribution < -0.4 is 5.32 Å². The number of aryl methyl sites for hydroxylation is 1.